The fraction of sp³-hybridized carbons (Fsp3) is 0.184. The van der Waals surface area contributed by atoms with Crippen LogP contribution >= 0.6 is 0 Å². The lowest BCUT2D eigenvalue weighted by Gasteiger charge is -2.28. The van der Waals surface area contributed by atoms with Crippen LogP contribution < -0.4 is 19.4 Å². The van der Waals surface area contributed by atoms with E-state index >= 15 is 0 Å². The average molecular weight is 720 g/mol. The fourth-order valence-corrected chi connectivity index (χ4v) is 7.88. The summed E-state index contributed by atoms with van der Waals surface area (Å²) in [6.45, 7) is 13.9. The maximum Gasteiger partial charge on any atom is 0.137 e. The highest BCUT2D eigenvalue weighted by Crippen LogP contribution is 2.52. The van der Waals surface area contributed by atoms with E-state index in [4.69, 9.17) is 14.7 Å². The summed E-state index contributed by atoms with van der Waals surface area (Å²) >= 11 is 0. The van der Waals surface area contributed by atoms with Gasteiger partial charge in [0.2, 0.25) is 0 Å². The van der Waals surface area contributed by atoms with Gasteiger partial charge in [-0.15, -0.1) is 0 Å². The van der Waals surface area contributed by atoms with Crippen LogP contribution in [0.25, 0.3) is 22.3 Å². The van der Waals surface area contributed by atoms with Gasteiger partial charge in [0.15, 0.2) is 0 Å². The van der Waals surface area contributed by atoms with E-state index in [-0.39, 0.29) is 5.41 Å². The van der Waals surface area contributed by atoms with Crippen molar-refractivity contribution in [1.29, 1.82) is 0 Å². The van der Waals surface area contributed by atoms with Crippen LogP contribution in [0.3, 0.4) is 0 Å². The second-order valence-electron chi connectivity index (χ2n) is 15.9. The molecule has 0 atom stereocenters. The van der Waals surface area contributed by atoms with E-state index in [1.54, 1.807) is 0 Å². The molecule has 0 fully saturated rings. The number of pyridine rings is 2. The summed E-state index contributed by atoms with van der Waals surface area (Å²) in [6, 6.07) is 47.2. The Morgan fingerprint density at radius 3 is 1.96 bits per heavy atom. The number of hydrogen-bond acceptors (Lipinski definition) is 6. The normalized spacial score (nSPS) is 13.3. The smallest absolute Gasteiger partial charge is 0.137 e. The Bertz CT molecular complexity index is 2570. The van der Waals surface area contributed by atoms with Crippen LogP contribution in [0.2, 0.25) is 0 Å². The van der Waals surface area contributed by atoms with E-state index in [0.717, 1.165) is 62.7 Å². The van der Waals surface area contributed by atoms with E-state index in [0.29, 0.717) is 12.6 Å². The molecule has 2 aliphatic heterocycles. The highest BCUT2D eigenvalue weighted by atomic mass is 16.5. The number of aryl methyl sites for hydroxylation is 1. The van der Waals surface area contributed by atoms with Gasteiger partial charge in [-0.05, 0) is 101 Å². The molecule has 5 aromatic carbocycles. The lowest BCUT2D eigenvalue weighted by Crippen LogP contribution is -2.25. The van der Waals surface area contributed by atoms with Crippen LogP contribution in [0.4, 0.5) is 40.1 Å². The third-order valence-electron chi connectivity index (χ3n) is 10.8. The summed E-state index contributed by atoms with van der Waals surface area (Å²) in [5.74, 6) is 3.79. The Labute approximate surface area is 324 Å². The molecular weight excluding hydrogens is 675 g/mol. The summed E-state index contributed by atoms with van der Waals surface area (Å²) in [5.41, 5.74) is 13.7. The number of benzene rings is 5. The summed E-state index contributed by atoms with van der Waals surface area (Å²) in [4.78, 5) is 16.9. The van der Waals surface area contributed by atoms with Crippen LogP contribution in [0, 0.1) is 6.92 Å². The summed E-state index contributed by atoms with van der Waals surface area (Å²) in [6.07, 6.45) is 3.95. The minimum atomic E-state index is -0.0363. The lowest BCUT2D eigenvalue weighted by molar-refractivity contribution is 0.483. The Kier molecular flexibility index (Phi) is 8.42. The van der Waals surface area contributed by atoms with E-state index in [2.05, 4.69) is 184 Å². The number of hydrogen-bond donors (Lipinski definition) is 0. The van der Waals surface area contributed by atoms with Gasteiger partial charge in [0, 0.05) is 41.3 Å². The van der Waals surface area contributed by atoms with Crippen molar-refractivity contribution in [3.8, 4) is 33.8 Å². The number of aromatic nitrogens is 2. The summed E-state index contributed by atoms with van der Waals surface area (Å²) in [7, 11) is 0. The molecule has 0 unspecified atom stereocenters. The largest absolute Gasteiger partial charge is 0.457 e. The van der Waals surface area contributed by atoms with Crippen molar-refractivity contribution < 1.29 is 4.74 Å². The zero-order valence-corrected chi connectivity index (χ0v) is 32.3. The fourth-order valence-electron chi connectivity index (χ4n) is 7.88. The summed E-state index contributed by atoms with van der Waals surface area (Å²) in [5, 5.41) is 0. The standard InChI is InChI=1S/C49H45N5O/c1-32(2)34-26-33(3)48(51-30-34)53-31-52(44-20-11-12-21-45(44)53)36-14-13-15-37(28-36)55-38-22-23-42-40-17-8-7-16-39(40)41-18-9-10-19-43(41)54(46(42)29-38)47-27-35(24-25-50-47)49(4,5)6/h7-30,32H,31H2,1-6H3. The molecule has 55 heavy (non-hydrogen) atoms. The van der Waals surface area contributed by atoms with Crippen molar-refractivity contribution in [2.45, 2.75) is 52.9 Å². The molecular formula is C49H45N5O. The molecule has 4 heterocycles. The number of anilines is 7. The molecule has 0 spiro atoms. The van der Waals surface area contributed by atoms with Crippen molar-refractivity contribution in [1.82, 2.24) is 9.97 Å². The van der Waals surface area contributed by atoms with Gasteiger partial charge in [-0.25, -0.2) is 9.97 Å². The molecule has 2 aliphatic rings. The monoisotopic (exact) mass is 719 g/mol. The molecule has 2 aromatic heterocycles. The van der Waals surface area contributed by atoms with E-state index in [9.17, 15) is 0 Å². The molecule has 6 nitrogen and oxygen atoms in total. The van der Waals surface area contributed by atoms with Crippen molar-refractivity contribution in [3.05, 3.63) is 163 Å². The topological polar surface area (TPSA) is 44.7 Å². The van der Waals surface area contributed by atoms with Crippen LogP contribution in [0.15, 0.2) is 146 Å². The first kappa shape index (κ1) is 34.4. The first-order chi connectivity index (χ1) is 26.6. The number of ether oxygens (including phenoxy) is 1. The zero-order valence-electron chi connectivity index (χ0n) is 32.3. The van der Waals surface area contributed by atoms with Gasteiger partial charge in [0.1, 0.15) is 29.8 Å². The Balaban J connectivity index is 1.10. The second-order valence-corrected chi connectivity index (χ2v) is 15.9. The maximum atomic E-state index is 6.78. The predicted molar refractivity (Wildman–Crippen MR) is 227 cm³/mol. The molecule has 0 N–H and O–H groups in total. The van der Waals surface area contributed by atoms with Crippen LogP contribution in [0.5, 0.6) is 11.5 Å². The van der Waals surface area contributed by atoms with E-state index in [1.165, 1.54) is 27.8 Å². The van der Waals surface area contributed by atoms with E-state index in [1.807, 2.05) is 18.5 Å². The van der Waals surface area contributed by atoms with Gasteiger partial charge in [-0.3, -0.25) is 4.90 Å². The SMILES string of the molecule is Cc1cc(C(C)C)cnc1N1CN(c2cccc(Oc3ccc4c(c3)N(c3cc(C(C)(C)C)ccn3)c3ccccc3-c3ccccc3-4)c2)c2ccccc21. The maximum absolute atomic E-state index is 6.78. The quantitative estimate of drug-likeness (QED) is 0.170. The van der Waals surface area contributed by atoms with Gasteiger partial charge in [0.05, 0.1) is 22.7 Å². The Hall–Kier alpha value is -6.40. The average Bonchev–Trinajstić information content (AvgIpc) is 3.52. The van der Waals surface area contributed by atoms with Crippen LogP contribution in [-0.2, 0) is 5.41 Å². The molecule has 0 amide bonds. The van der Waals surface area contributed by atoms with E-state index < -0.39 is 0 Å². The van der Waals surface area contributed by atoms with Crippen molar-refractivity contribution in [2.24, 2.45) is 0 Å². The molecule has 0 bridgehead atoms. The second kappa shape index (κ2) is 13.5. The number of fused-ring (bicyclic) bond motifs is 6. The Morgan fingerprint density at radius 2 is 1.25 bits per heavy atom. The summed E-state index contributed by atoms with van der Waals surface area (Å²) < 4.78 is 6.78. The third kappa shape index (κ3) is 6.18. The molecule has 272 valence electrons. The highest BCUT2D eigenvalue weighted by Gasteiger charge is 2.31. The van der Waals surface area contributed by atoms with Gasteiger partial charge >= 0.3 is 0 Å². The van der Waals surface area contributed by atoms with Crippen LogP contribution in [-0.4, -0.2) is 16.6 Å². The molecule has 0 saturated heterocycles. The van der Waals surface area contributed by atoms with Gasteiger partial charge in [-0.2, -0.15) is 0 Å². The Morgan fingerprint density at radius 1 is 0.600 bits per heavy atom. The third-order valence-corrected chi connectivity index (χ3v) is 10.8. The molecule has 0 radical (unpaired) electrons. The molecule has 9 rings (SSSR count). The number of rotatable bonds is 6. The lowest BCUT2D eigenvalue weighted by atomic mass is 9.87. The van der Waals surface area contributed by atoms with Gasteiger partial charge in [0.25, 0.3) is 0 Å². The number of para-hydroxylation sites is 3. The molecule has 0 saturated carbocycles. The molecule has 6 heteroatoms. The zero-order chi connectivity index (χ0) is 37.8. The van der Waals surface area contributed by atoms with Crippen molar-refractivity contribution >= 4 is 40.1 Å². The first-order valence-corrected chi connectivity index (χ1v) is 19.1. The molecule has 0 aliphatic carbocycles. The van der Waals surface area contributed by atoms with Gasteiger partial charge < -0.3 is 14.5 Å². The molecule has 7 aromatic rings. The predicted octanol–water partition coefficient (Wildman–Crippen LogP) is 13.4. The highest BCUT2D eigenvalue weighted by molar-refractivity contribution is 6.02. The first-order valence-electron chi connectivity index (χ1n) is 19.1. The minimum absolute atomic E-state index is 0.0363. The van der Waals surface area contributed by atoms with Crippen LogP contribution in [0.1, 0.15) is 57.2 Å². The van der Waals surface area contributed by atoms with Crippen molar-refractivity contribution in [3.63, 3.8) is 0 Å². The van der Waals surface area contributed by atoms with Crippen molar-refractivity contribution in [2.75, 3.05) is 21.4 Å². The number of nitrogens with zero attached hydrogens (tertiary/aromatic N) is 5. The van der Waals surface area contributed by atoms with Gasteiger partial charge in [-0.1, -0.05) is 101 Å². The minimum Gasteiger partial charge on any atom is -0.457 e.